The van der Waals surface area contributed by atoms with Gasteiger partial charge in [0.05, 0.1) is 5.69 Å². The van der Waals surface area contributed by atoms with Gasteiger partial charge in [-0.2, -0.15) is 0 Å². The average molecular weight is 435 g/mol. The van der Waals surface area contributed by atoms with E-state index in [-0.39, 0.29) is 6.61 Å². The molecule has 0 aliphatic carbocycles. The molecule has 0 aromatic heterocycles. The van der Waals surface area contributed by atoms with Crippen LogP contribution in [0.25, 0.3) is 0 Å². The fourth-order valence-corrected chi connectivity index (χ4v) is 3.16. The summed E-state index contributed by atoms with van der Waals surface area (Å²) in [7, 11) is 3.14. The molecular weight excluding hydrogens is 410 g/mol. The maximum absolute atomic E-state index is 12.9. The number of anilines is 1. The van der Waals surface area contributed by atoms with Crippen LogP contribution in [-0.2, 0) is 25.5 Å². The number of nitrogens with one attached hydrogen (secondary N) is 2. The van der Waals surface area contributed by atoms with Gasteiger partial charge in [-0.25, -0.2) is 0 Å². The molecule has 3 rings (SSSR count). The highest BCUT2D eigenvalue weighted by Gasteiger charge is 2.32. The number of benzene rings is 2. The number of carbonyl (C=O) groups is 3. The lowest BCUT2D eigenvalue weighted by molar-refractivity contribution is -0.140. The third kappa shape index (κ3) is 5.86. The summed E-state index contributed by atoms with van der Waals surface area (Å²) < 4.78 is 10.6. The van der Waals surface area contributed by atoms with Gasteiger partial charge >= 0.3 is 11.8 Å². The van der Waals surface area contributed by atoms with Crippen molar-refractivity contribution in [3.63, 3.8) is 0 Å². The van der Waals surface area contributed by atoms with Crippen molar-refractivity contribution in [3.05, 3.63) is 59.7 Å². The molecule has 0 saturated heterocycles. The largest absolute Gasteiger partial charge is 0.489 e. The number of nitrogens with zero attached hydrogens (tertiary/aromatic N) is 1. The minimum absolute atomic E-state index is 0.0894. The van der Waals surface area contributed by atoms with Crippen LogP contribution in [0.5, 0.6) is 5.75 Å². The molecule has 8 nitrogen and oxygen atoms in total. The highest BCUT2D eigenvalue weighted by molar-refractivity contribution is 6.35. The molecule has 1 heterocycles. The van der Waals surface area contributed by atoms with Gasteiger partial charge in [-0.1, -0.05) is 42.2 Å². The number of amides is 3. The highest BCUT2D eigenvalue weighted by Crippen LogP contribution is 2.31. The molecule has 3 amide bonds. The van der Waals surface area contributed by atoms with Crippen molar-refractivity contribution in [2.24, 2.45) is 0 Å². The van der Waals surface area contributed by atoms with Crippen molar-refractivity contribution in [2.45, 2.75) is 12.5 Å². The van der Waals surface area contributed by atoms with Gasteiger partial charge < -0.3 is 25.0 Å². The van der Waals surface area contributed by atoms with E-state index in [4.69, 9.17) is 9.47 Å². The number of likely N-dealkylation sites (N-methyl/N-ethyl adjacent to an activating group) is 1. The number of rotatable bonds is 5. The predicted octanol–water partition coefficient (Wildman–Crippen LogP) is 0.883. The first kappa shape index (κ1) is 22.8. The normalized spacial score (nSPS) is 14.9. The van der Waals surface area contributed by atoms with Crippen molar-refractivity contribution in [1.82, 2.24) is 10.6 Å². The van der Waals surface area contributed by atoms with Gasteiger partial charge in [0.2, 0.25) is 0 Å². The summed E-state index contributed by atoms with van der Waals surface area (Å²) in [6.45, 7) is 0.515. The average Bonchev–Trinajstić information content (AvgIpc) is 2.92. The standard InChI is InChI=1S/C24H25N3O5/c1-27-20-15-18(9-6-14-31-2)10-11-21(20)32-16-19(24(27)30)26-23(29)22(28)25-13-12-17-7-4-3-5-8-17/h3-5,7-8,10-11,15,19H,12-14,16H2,1-2H3,(H,25,28)(H,26,29)/t19-/m0/s1. The third-order valence-electron chi connectivity index (χ3n) is 4.86. The van der Waals surface area contributed by atoms with Crippen molar-refractivity contribution in [3.8, 4) is 17.6 Å². The molecule has 1 aliphatic rings. The second kappa shape index (κ2) is 11.0. The summed E-state index contributed by atoms with van der Waals surface area (Å²) in [5, 5.41) is 5.04. The Kier molecular flexibility index (Phi) is 7.84. The van der Waals surface area contributed by atoms with Crippen LogP contribution in [0.2, 0.25) is 0 Å². The zero-order chi connectivity index (χ0) is 22.9. The van der Waals surface area contributed by atoms with Gasteiger partial charge in [0, 0.05) is 26.3 Å². The number of fused-ring (bicyclic) bond motifs is 1. The number of hydrogen-bond acceptors (Lipinski definition) is 5. The summed E-state index contributed by atoms with van der Waals surface area (Å²) in [6, 6.07) is 13.8. The minimum Gasteiger partial charge on any atom is -0.489 e. The number of carbonyl (C=O) groups excluding carboxylic acids is 3. The van der Waals surface area contributed by atoms with Crippen LogP contribution >= 0.6 is 0 Å². The fourth-order valence-electron chi connectivity index (χ4n) is 3.16. The van der Waals surface area contributed by atoms with Crippen LogP contribution in [0, 0.1) is 11.8 Å². The Morgan fingerprint density at radius 2 is 1.97 bits per heavy atom. The van der Waals surface area contributed by atoms with Gasteiger partial charge in [-0.3, -0.25) is 14.4 Å². The molecule has 0 spiro atoms. The van der Waals surface area contributed by atoms with Crippen molar-refractivity contribution in [2.75, 3.05) is 38.8 Å². The van der Waals surface area contributed by atoms with Crippen LogP contribution in [0.15, 0.2) is 48.5 Å². The smallest absolute Gasteiger partial charge is 0.310 e. The topological polar surface area (TPSA) is 97.0 Å². The molecule has 166 valence electrons. The number of hydrogen-bond donors (Lipinski definition) is 2. The Morgan fingerprint density at radius 3 is 2.72 bits per heavy atom. The molecule has 2 N–H and O–H groups in total. The van der Waals surface area contributed by atoms with Crippen LogP contribution in [0.3, 0.4) is 0 Å². The zero-order valence-electron chi connectivity index (χ0n) is 18.0. The van der Waals surface area contributed by atoms with Gasteiger partial charge in [0.25, 0.3) is 5.91 Å². The molecule has 0 saturated carbocycles. The summed E-state index contributed by atoms with van der Waals surface area (Å²) in [4.78, 5) is 38.7. The number of ether oxygens (including phenoxy) is 2. The molecule has 2 aromatic carbocycles. The van der Waals surface area contributed by atoms with E-state index in [9.17, 15) is 14.4 Å². The maximum Gasteiger partial charge on any atom is 0.310 e. The first-order valence-electron chi connectivity index (χ1n) is 10.1. The van der Waals surface area contributed by atoms with Crippen molar-refractivity contribution in [1.29, 1.82) is 0 Å². The van der Waals surface area contributed by atoms with Crippen LogP contribution in [0.1, 0.15) is 11.1 Å². The minimum atomic E-state index is -0.997. The van der Waals surface area contributed by atoms with Crippen molar-refractivity contribution < 1.29 is 23.9 Å². The summed E-state index contributed by atoms with van der Waals surface area (Å²) in [5.74, 6) is 4.22. The molecule has 0 fully saturated rings. The quantitative estimate of drug-likeness (QED) is 0.537. The first-order valence-corrected chi connectivity index (χ1v) is 10.1. The molecule has 0 unspecified atom stereocenters. The molecule has 0 radical (unpaired) electrons. The Hall–Kier alpha value is -3.83. The Balaban J connectivity index is 1.59. The molecule has 0 bridgehead atoms. The van der Waals surface area contributed by atoms with E-state index < -0.39 is 23.8 Å². The lowest BCUT2D eigenvalue weighted by Gasteiger charge is -2.20. The van der Waals surface area contributed by atoms with Crippen LogP contribution in [-0.4, -0.2) is 57.7 Å². The van der Waals surface area contributed by atoms with E-state index in [0.29, 0.717) is 36.6 Å². The van der Waals surface area contributed by atoms with E-state index in [1.807, 2.05) is 30.3 Å². The maximum atomic E-state index is 12.9. The SMILES string of the molecule is COCC#Cc1ccc2c(c1)N(C)C(=O)[C@@H](NC(=O)C(=O)NCCc1ccccc1)CO2. The monoisotopic (exact) mass is 435 g/mol. The third-order valence-corrected chi connectivity index (χ3v) is 4.86. The van der Waals surface area contributed by atoms with E-state index in [1.54, 1.807) is 32.4 Å². The lowest BCUT2D eigenvalue weighted by atomic mass is 10.1. The van der Waals surface area contributed by atoms with E-state index in [2.05, 4.69) is 22.5 Å². The van der Waals surface area contributed by atoms with Crippen LogP contribution < -0.4 is 20.3 Å². The second-order valence-electron chi connectivity index (χ2n) is 7.14. The van der Waals surface area contributed by atoms with E-state index >= 15 is 0 Å². The van der Waals surface area contributed by atoms with Gasteiger partial charge in [-0.05, 0) is 30.2 Å². The molecular formula is C24H25N3O5. The first-order chi connectivity index (χ1) is 15.5. The molecule has 1 atom stereocenters. The Morgan fingerprint density at radius 1 is 1.19 bits per heavy atom. The van der Waals surface area contributed by atoms with Gasteiger partial charge in [-0.15, -0.1) is 0 Å². The Bertz CT molecular complexity index is 1040. The molecule has 32 heavy (non-hydrogen) atoms. The Labute approximate surface area is 186 Å². The molecule has 2 aromatic rings. The lowest BCUT2D eigenvalue weighted by Crippen LogP contribution is -2.53. The van der Waals surface area contributed by atoms with E-state index in [0.717, 1.165) is 5.56 Å². The van der Waals surface area contributed by atoms with Crippen LogP contribution in [0.4, 0.5) is 5.69 Å². The number of methoxy groups -OCH3 is 1. The van der Waals surface area contributed by atoms with Gasteiger partial charge in [0.15, 0.2) is 0 Å². The highest BCUT2D eigenvalue weighted by atomic mass is 16.5. The zero-order valence-corrected chi connectivity index (χ0v) is 18.0. The van der Waals surface area contributed by atoms with E-state index in [1.165, 1.54) is 4.90 Å². The summed E-state index contributed by atoms with van der Waals surface area (Å²) in [6.07, 6.45) is 0.596. The predicted molar refractivity (Wildman–Crippen MR) is 119 cm³/mol. The molecule has 8 heteroatoms. The molecule has 1 aliphatic heterocycles. The summed E-state index contributed by atoms with van der Waals surface area (Å²) in [5.41, 5.74) is 2.28. The summed E-state index contributed by atoms with van der Waals surface area (Å²) >= 11 is 0. The van der Waals surface area contributed by atoms with Gasteiger partial charge in [0.1, 0.15) is 25.0 Å². The van der Waals surface area contributed by atoms with Crippen molar-refractivity contribution >= 4 is 23.4 Å². The fraction of sp³-hybridized carbons (Fsp3) is 0.292. The second-order valence-corrected chi connectivity index (χ2v) is 7.14.